The second kappa shape index (κ2) is 4.70. The highest BCUT2D eigenvalue weighted by Gasteiger charge is 2.58. The molecule has 0 bridgehead atoms. The van der Waals surface area contributed by atoms with E-state index in [0.717, 1.165) is 31.1 Å². The Balaban J connectivity index is 1.69. The van der Waals surface area contributed by atoms with Crippen LogP contribution in [0, 0.1) is 34.5 Å². The number of rotatable bonds is 1. The van der Waals surface area contributed by atoms with Crippen LogP contribution in [0.3, 0.4) is 0 Å². The van der Waals surface area contributed by atoms with Crippen molar-refractivity contribution in [3.63, 3.8) is 0 Å². The summed E-state index contributed by atoms with van der Waals surface area (Å²) in [6, 6.07) is 0. The lowest BCUT2D eigenvalue weighted by molar-refractivity contribution is -0.177. The molecule has 4 aliphatic rings. The van der Waals surface area contributed by atoms with E-state index in [1.54, 1.807) is 0 Å². The van der Waals surface area contributed by atoms with E-state index in [0.29, 0.717) is 17.3 Å². The van der Waals surface area contributed by atoms with E-state index in [4.69, 9.17) is 0 Å². The van der Waals surface area contributed by atoms with Crippen molar-refractivity contribution >= 4 is 0 Å². The summed E-state index contributed by atoms with van der Waals surface area (Å²) in [5.74, 6) is 2.71. The van der Waals surface area contributed by atoms with Crippen molar-refractivity contribution in [2.75, 3.05) is 0 Å². The van der Waals surface area contributed by atoms with Crippen molar-refractivity contribution in [1.29, 1.82) is 0 Å². The lowest BCUT2D eigenvalue weighted by atomic mass is 9.46. The van der Waals surface area contributed by atoms with Crippen molar-refractivity contribution in [1.82, 2.24) is 0 Å². The van der Waals surface area contributed by atoms with Crippen molar-refractivity contribution in [2.45, 2.75) is 58.2 Å². The molecule has 0 aromatic heterocycles. The predicted octanol–water partition coefficient (Wildman–Crippen LogP) is 3.65. The average Bonchev–Trinajstić information content (AvgIpc) is 2.92. The maximum atomic E-state index is 10.0. The van der Waals surface area contributed by atoms with E-state index in [2.05, 4.69) is 31.2 Å². The lowest BCUT2D eigenvalue weighted by Crippen LogP contribution is -2.54. The summed E-state index contributed by atoms with van der Waals surface area (Å²) in [4.78, 5) is 0. The fourth-order valence-corrected chi connectivity index (χ4v) is 6.46. The molecule has 0 radical (unpaired) electrons. The largest absolute Gasteiger partial charge is 0.367 e. The van der Waals surface area contributed by atoms with Crippen LogP contribution in [0.15, 0.2) is 24.3 Å². The molecule has 1 unspecified atom stereocenters. The van der Waals surface area contributed by atoms with Gasteiger partial charge in [-0.05, 0) is 74.0 Å². The predicted molar refractivity (Wildman–Crippen MR) is 83.3 cm³/mol. The van der Waals surface area contributed by atoms with E-state index >= 15 is 0 Å². The average molecular weight is 288 g/mol. The Kier molecular flexibility index (Phi) is 3.14. The summed E-state index contributed by atoms with van der Waals surface area (Å²) < 4.78 is 0. The van der Waals surface area contributed by atoms with E-state index < -0.39 is 6.29 Å². The Bertz CT molecular complexity index is 480. The molecule has 4 aliphatic carbocycles. The Hall–Kier alpha value is -0.600. The second-order valence-corrected chi connectivity index (χ2v) is 8.16. The van der Waals surface area contributed by atoms with Crippen LogP contribution in [0.1, 0.15) is 51.9 Å². The van der Waals surface area contributed by atoms with Crippen molar-refractivity contribution in [3.05, 3.63) is 24.3 Å². The molecule has 0 aliphatic heterocycles. The molecule has 0 heterocycles. The molecule has 2 fully saturated rings. The third-order valence-corrected chi connectivity index (χ3v) is 7.60. The van der Waals surface area contributed by atoms with Crippen LogP contribution in [0.25, 0.3) is 0 Å². The van der Waals surface area contributed by atoms with Gasteiger partial charge in [0.25, 0.3) is 0 Å². The molecular weight excluding hydrogens is 260 g/mol. The normalized spacial score (nSPS) is 51.6. The minimum absolute atomic E-state index is 0.344. The smallest absolute Gasteiger partial charge is 0.160 e. The third kappa shape index (κ3) is 1.78. The molecule has 0 spiro atoms. The van der Waals surface area contributed by atoms with Gasteiger partial charge in [-0.15, -0.1) is 0 Å². The zero-order valence-electron chi connectivity index (χ0n) is 13.0. The van der Waals surface area contributed by atoms with E-state index in [1.807, 2.05) is 0 Å². The molecule has 2 heteroatoms. The fraction of sp³-hybridized carbons (Fsp3) is 0.789. The van der Waals surface area contributed by atoms with Gasteiger partial charge in [0.2, 0.25) is 0 Å². The van der Waals surface area contributed by atoms with Crippen molar-refractivity contribution < 1.29 is 10.2 Å². The van der Waals surface area contributed by atoms with Crippen molar-refractivity contribution in [3.8, 4) is 0 Å². The van der Waals surface area contributed by atoms with Gasteiger partial charge in [-0.2, -0.15) is 0 Å². The highest BCUT2D eigenvalue weighted by atomic mass is 16.5. The standard InChI is InChI=1S/C19H28O2/c1-18-10-3-2-5-13(18)7-8-14-15(18)9-12-19(17(20)21)11-4-6-16(14)19/h3-4,10-11,13-17,20-21H,2,5-9,12H2,1H3/t13?,14-,15+,16+,18+,19-/m1/s1. The molecule has 116 valence electrons. The number of aliphatic hydroxyl groups is 2. The van der Waals surface area contributed by atoms with Crippen LogP contribution in [-0.2, 0) is 0 Å². The first kappa shape index (κ1) is 14.0. The molecule has 0 aromatic carbocycles. The van der Waals surface area contributed by atoms with Gasteiger partial charge >= 0.3 is 0 Å². The molecule has 6 atom stereocenters. The minimum Gasteiger partial charge on any atom is -0.367 e. The molecule has 4 rings (SSSR count). The van der Waals surface area contributed by atoms with Gasteiger partial charge < -0.3 is 10.2 Å². The van der Waals surface area contributed by atoms with E-state index in [1.165, 1.54) is 25.7 Å². The summed E-state index contributed by atoms with van der Waals surface area (Å²) in [5, 5.41) is 20.0. The Morgan fingerprint density at radius 1 is 1.00 bits per heavy atom. The Morgan fingerprint density at radius 3 is 2.67 bits per heavy atom. The third-order valence-electron chi connectivity index (χ3n) is 7.60. The first-order valence-corrected chi connectivity index (χ1v) is 8.79. The molecule has 2 saturated carbocycles. The van der Waals surface area contributed by atoms with Crippen LogP contribution in [0.5, 0.6) is 0 Å². The number of aliphatic hydroxyl groups excluding tert-OH is 1. The number of hydrogen-bond acceptors (Lipinski definition) is 2. The number of hydrogen-bond donors (Lipinski definition) is 2. The van der Waals surface area contributed by atoms with Crippen LogP contribution in [0.2, 0.25) is 0 Å². The highest BCUT2D eigenvalue weighted by Crippen LogP contribution is 2.64. The zero-order valence-corrected chi connectivity index (χ0v) is 13.0. The Labute approximate surface area is 127 Å². The van der Waals surface area contributed by atoms with E-state index in [-0.39, 0.29) is 5.41 Å². The van der Waals surface area contributed by atoms with Gasteiger partial charge in [0, 0.05) is 5.41 Å². The van der Waals surface area contributed by atoms with Gasteiger partial charge in [-0.25, -0.2) is 0 Å². The number of fused-ring (bicyclic) bond motifs is 5. The van der Waals surface area contributed by atoms with Crippen LogP contribution < -0.4 is 0 Å². The summed E-state index contributed by atoms with van der Waals surface area (Å²) in [7, 11) is 0. The second-order valence-electron chi connectivity index (χ2n) is 8.16. The molecule has 0 saturated heterocycles. The quantitative estimate of drug-likeness (QED) is 0.571. The van der Waals surface area contributed by atoms with Gasteiger partial charge in [-0.1, -0.05) is 31.2 Å². The molecule has 2 N–H and O–H groups in total. The minimum atomic E-state index is -1.19. The Morgan fingerprint density at radius 2 is 1.86 bits per heavy atom. The zero-order chi connectivity index (χ0) is 14.7. The maximum Gasteiger partial charge on any atom is 0.160 e. The molecule has 21 heavy (non-hydrogen) atoms. The SMILES string of the molecule is C[C@]12C=CCCC1CC[C@@H]1[C@@H]2CC[C@]2(C(O)O)C=CC[C@@H]12. The van der Waals surface area contributed by atoms with Gasteiger partial charge in [-0.3, -0.25) is 0 Å². The first-order chi connectivity index (χ1) is 10.1. The van der Waals surface area contributed by atoms with Crippen molar-refractivity contribution in [2.24, 2.45) is 34.5 Å². The summed E-state index contributed by atoms with van der Waals surface area (Å²) >= 11 is 0. The summed E-state index contributed by atoms with van der Waals surface area (Å²) in [6.45, 7) is 2.48. The van der Waals surface area contributed by atoms with Crippen LogP contribution in [-0.4, -0.2) is 16.5 Å². The van der Waals surface area contributed by atoms with Gasteiger partial charge in [0.1, 0.15) is 0 Å². The topological polar surface area (TPSA) is 40.5 Å². The summed E-state index contributed by atoms with van der Waals surface area (Å²) in [5.41, 5.74) is 0.0130. The van der Waals surface area contributed by atoms with Crippen LogP contribution in [0.4, 0.5) is 0 Å². The van der Waals surface area contributed by atoms with Crippen LogP contribution >= 0.6 is 0 Å². The molecule has 2 nitrogen and oxygen atoms in total. The fourth-order valence-electron chi connectivity index (χ4n) is 6.46. The number of allylic oxidation sites excluding steroid dienone is 3. The van der Waals surface area contributed by atoms with Gasteiger partial charge in [0.05, 0.1) is 0 Å². The first-order valence-electron chi connectivity index (χ1n) is 8.79. The maximum absolute atomic E-state index is 10.0. The molecular formula is C19H28O2. The summed E-state index contributed by atoms with van der Waals surface area (Å²) in [6.07, 6.45) is 16.4. The highest BCUT2D eigenvalue weighted by molar-refractivity contribution is 5.20. The monoisotopic (exact) mass is 288 g/mol. The lowest BCUT2D eigenvalue weighted by Gasteiger charge is -2.59. The molecule has 0 amide bonds. The molecule has 0 aromatic rings. The van der Waals surface area contributed by atoms with E-state index in [9.17, 15) is 10.2 Å². The van der Waals surface area contributed by atoms with Gasteiger partial charge in [0.15, 0.2) is 6.29 Å².